The summed E-state index contributed by atoms with van der Waals surface area (Å²) in [5.41, 5.74) is 13.8. The summed E-state index contributed by atoms with van der Waals surface area (Å²) in [6, 6.07) is 17.7. The molecule has 0 spiro atoms. The molecule has 7 nitrogen and oxygen atoms in total. The zero-order valence-corrected chi connectivity index (χ0v) is 20.5. The van der Waals surface area contributed by atoms with Gasteiger partial charge in [-0.3, -0.25) is 9.59 Å². The van der Waals surface area contributed by atoms with Gasteiger partial charge in [-0.15, -0.1) is 0 Å². The topological polar surface area (TPSA) is 107 Å². The standard InChI is InChI=1S/C29H29N3O4/c1-17-6-3-4-8-23(17)27-18(2)21(14-24-28(27)32-29(30)36-24)15-25(33)31-22-11-9-19(10-12-22)20-7-5-13-35-26(34)16-20/h3-4,6,8-12,14,20H,5,7,13,15-16H2,1-2H3,(H2,30,32)(H,31,33). The minimum absolute atomic E-state index is 0.0999. The number of hydrogen-bond donors (Lipinski definition) is 2. The number of anilines is 2. The number of carbonyl (C=O) groups is 2. The Morgan fingerprint density at radius 3 is 2.69 bits per heavy atom. The highest BCUT2D eigenvalue weighted by Gasteiger charge is 2.21. The number of aryl methyl sites for hydroxylation is 1. The van der Waals surface area contributed by atoms with Crippen LogP contribution in [-0.4, -0.2) is 23.5 Å². The fraction of sp³-hybridized carbons (Fsp3) is 0.276. The lowest BCUT2D eigenvalue weighted by atomic mass is 9.91. The second-order valence-electron chi connectivity index (χ2n) is 9.36. The van der Waals surface area contributed by atoms with Crippen LogP contribution in [0.15, 0.2) is 59.0 Å². The van der Waals surface area contributed by atoms with E-state index in [0.717, 1.165) is 46.2 Å². The van der Waals surface area contributed by atoms with Crippen molar-refractivity contribution in [2.75, 3.05) is 17.7 Å². The van der Waals surface area contributed by atoms with E-state index in [2.05, 4.69) is 10.3 Å². The van der Waals surface area contributed by atoms with Gasteiger partial charge < -0.3 is 20.2 Å². The molecule has 36 heavy (non-hydrogen) atoms. The van der Waals surface area contributed by atoms with Crippen molar-refractivity contribution in [3.8, 4) is 11.1 Å². The molecule has 1 unspecified atom stereocenters. The third-order valence-electron chi connectivity index (χ3n) is 6.87. The minimum atomic E-state index is -0.152. The van der Waals surface area contributed by atoms with E-state index in [9.17, 15) is 9.59 Å². The van der Waals surface area contributed by atoms with Crippen LogP contribution in [0, 0.1) is 13.8 Å². The molecule has 3 N–H and O–H groups in total. The SMILES string of the molecule is Cc1ccccc1-c1c(C)c(CC(=O)Nc2ccc(C3CCCOC(=O)C3)cc2)cc2oc(N)nc12. The smallest absolute Gasteiger partial charge is 0.306 e. The Balaban J connectivity index is 1.37. The molecular formula is C29H29N3O4. The van der Waals surface area contributed by atoms with Gasteiger partial charge in [0.25, 0.3) is 6.01 Å². The van der Waals surface area contributed by atoms with Crippen molar-refractivity contribution in [2.24, 2.45) is 0 Å². The molecule has 0 bridgehead atoms. The Morgan fingerprint density at radius 1 is 1.14 bits per heavy atom. The summed E-state index contributed by atoms with van der Waals surface area (Å²) in [5.74, 6) is -0.138. The molecule has 2 heterocycles. The second kappa shape index (κ2) is 9.85. The first-order valence-corrected chi connectivity index (χ1v) is 12.2. The quantitative estimate of drug-likeness (QED) is 0.353. The van der Waals surface area contributed by atoms with E-state index in [1.54, 1.807) is 0 Å². The van der Waals surface area contributed by atoms with Gasteiger partial charge in [0.1, 0.15) is 5.52 Å². The van der Waals surface area contributed by atoms with Crippen LogP contribution in [0.25, 0.3) is 22.2 Å². The number of fused-ring (bicyclic) bond motifs is 1. The Kier molecular flexibility index (Phi) is 6.46. The summed E-state index contributed by atoms with van der Waals surface area (Å²) in [6.07, 6.45) is 2.34. The van der Waals surface area contributed by atoms with Crippen molar-refractivity contribution in [1.82, 2.24) is 4.98 Å². The average Bonchev–Trinajstić information content (AvgIpc) is 3.07. The second-order valence-corrected chi connectivity index (χ2v) is 9.36. The highest BCUT2D eigenvalue weighted by atomic mass is 16.5. The number of rotatable bonds is 5. The lowest BCUT2D eigenvalue weighted by Crippen LogP contribution is -2.15. The van der Waals surface area contributed by atoms with Crippen LogP contribution in [0.4, 0.5) is 11.7 Å². The summed E-state index contributed by atoms with van der Waals surface area (Å²) in [5, 5.41) is 2.99. The molecule has 1 aliphatic rings. The van der Waals surface area contributed by atoms with Crippen LogP contribution in [0.3, 0.4) is 0 Å². The molecule has 1 amide bonds. The Hall–Kier alpha value is -4.13. The van der Waals surface area contributed by atoms with Gasteiger partial charge in [0, 0.05) is 11.3 Å². The Labute approximate surface area is 209 Å². The predicted octanol–water partition coefficient (Wildman–Crippen LogP) is 5.69. The maximum Gasteiger partial charge on any atom is 0.306 e. The number of cyclic esters (lactones) is 1. The summed E-state index contributed by atoms with van der Waals surface area (Å²) in [6.45, 7) is 4.53. The van der Waals surface area contributed by atoms with Gasteiger partial charge in [0.2, 0.25) is 5.91 Å². The summed E-state index contributed by atoms with van der Waals surface area (Å²) in [4.78, 5) is 29.2. The number of nitrogens with one attached hydrogen (secondary N) is 1. The summed E-state index contributed by atoms with van der Waals surface area (Å²) in [7, 11) is 0. The number of oxazole rings is 1. The predicted molar refractivity (Wildman–Crippen MR) is 140 cm³/mol. The highest BCUT2D eigenvalue weighted by Crippen LogP contribution is 2.36. The maximum absolute atomic E-state index is 13.0. The van der Waals surface area contributed by atoms with Crippen molar-refractivity contribution in [3.05, 3.63) is 76.9 Å². The number of aromatic nitrogens is 1. The number of esters is 1. The van der Waals surface area contributed by atoms with Crippen LogP contribution in [-0.2, 0) is 20.7 Å². The lowest BCUT2D eigenvalue weighted by Gasteiger charge is -2.15. The summed E-state index contributed by atoms with van der Waals surface area (Å²) >= 11 is 0. The molecule has 1 aliphatic heterocycles. The van der Waals surface area contributed by atoms with Gasteiger partial charge in [-0.05, 0) is 78.6 Å². The number of amides is 1. The Morgan fingerprint density at radius 2 is 1.92 bits per heavy atom. The van der Waals surface area contributed by atoms with E-state index in [1.165, 1.54) is 0 Å². The molecule has 7 heteroatoms. The Bertz CT molecular complexity index is 1440. The van der Waals surface area contributed by atoms with Crippen molar-refractivity contribution in [2.45, 2.75) is 45.4 Å². The third-order valence-corrected chi connectivity index (χ3v) is 6.87. The zero-order chi connectivity index (χ0) is 25.2. The molecule has 0 saturated carbocycles. The number of nitrogen functional groups attached to an aromatic ring is 1. The first-order chi connectivity index (χ1) is 17.4. The fourth-order valence-corrected chi connectivity index (χ4v) is 4.98. The molecule has 1 saturated heterocycles. The fourth-order valence-electron chi connectivity index (χ4n) is 4.98. The van der Waals surface area contributed by atoms with Crippen molar-refractivity contribution in [3.63, 3.8) is 0 Å². The number of ether oxygens (including phenoxy) is 1. The molecule has 0 radical (unpaired) electrons. The first kappa shape index (κ1) is 23.6. The number of carbonyl (C=O) groups excluding carboxylic acids is 2. The van der Waals surface area contributed by atoms with E-state index in [4.69, 9.17) is 14.9 Å². The van der Waals surface area contributed by atoms with Gasteiger partial charge in [-0.2, -0.15) is 4.98 Å². The molecule has 1 fully saturated rings. The van der Waals surface area contributed by atoms with Gasteiger partial charge in [-0.25, -0.2) is 0 Å². The summed E-state index contributed by atoms with van der Waals surface area (Å²) < 4.78 is 10.8. The van der Waals surface area contributed by atoms with Crippen LogP contribution in [0.1, 0.15) is 47.4 Å². The number of nitrogens with two attached hydrogens (primary N) is 1. The van der Waals surface area contributed by atoms with Crippen LogP contribution >= 0.6 is 0 Å². The van der Waals surface area contributed by atoms with E-state index < -0.39 is 0 Å². The highest BCUT2D eigenvalue weighted by molar-refractivity contribution is 5.98. The van der Waals surface area contributed by atoms with E-state index in [1.807, 2.05) is 68.4 Å². The third kappa shape index (κ3) is 4.82. The molecule has 5 rings (SSSR count). The molecule has 1 aromatic heterocycles. The minimum Gasteiger partial charge on any atom is -0.466 e. The number of hydrogen-bond acceptors (Lipinski definition) is 6. The van der Waals surface area contributed by atoms with Gasteiger partial charge in [-0.1, -0.05) is 36.4 Å². The van der Waals surface area contributed by atoms with E-state index >= 15 is 0 Å². The van der Waals surface area contributed by atoms with Crippen molar-refractivity contribution >= 4 is 34.7 Å². The van der Waals surface area contributed by atoms with Crippen LogP contribution in [0.2, 0.25) is 0 Å². The van der Waals surface area contributed by atoms with Crippen LogP contribution < -0.4 is 11.1 Å². The first-order valence-electron chi connectivity index (χ1n) is 12.2. The van der Waals surface area contributed by atoms with Crippen LogP contribution in [0.5, 0.6) is 0 Å². The van der Waals surface area contributed by atoms with Crippen molar-refractivity contribution in [1.29, 1.82) is 0 Å². The van der Waals surface area contributed by atoms with Gasteiger partial charge in [0.15, 0.2) is 5.58 Å². The molecule has 184 valence electrons. The number of benzene rings is 3. The number of nitrogens with zero attached hydrogens (tertiary/aromatic N) is 1. The molecule has 1 atom stereocenters. The lowest BCUT2D eigenvalue weighted by molar-refractivity contribution is -0.142. The monoisotopic (exact) mass is 483 g/mol. The van der Waals surface area contributed by atoms with Gasteiger partial charge >= 0.3 is 5.97 Å². The average molecular weight is 484 g/mol. The normalized spacial score (nSPS) is 15.9. The van der Waals surface area contributed by atoms with Gasteiger partial charge in [0.05, 0.1) is 19.4 Å². The van der Waals surface area contributed by atoms with E-state index in [-0.39, 0.29) is 30.2 Å². The molecular weight excluding hydrogens is 454 g/mol. The molecule has 0 aliphatic carbocycles. The van der Waals surface area contributed by atoms with E-state index in [0.29, 0.717) is 29.8 Å². The molecule has 3 aromatic carbocycles. The largest absolute Gasteiger partial charge is 0.466 e. The zero-order valence-electron chi connectivity index (χ0n) is 20.5. The maximum atomic E-state index is 13.0. The van der Waals surface area contributed by atoms with Crippen molar-refractivity contribution < 1.29 is 18.7 Å². The molecule has 4 aromatic rings.